The van der Waals surface area contributed by atoms with Crippen molar-refractivity contribution >= 4 is 22.5 Å². The number of H-pyrrole nitrogens is 1. The monoisotopic (exact) mass is 182 g/mol. The Balaban J connectivity index is 2.84. The first-order valence-electron chi connectivity index (χ1n) is 3.55. The quantitative estimate of drug-likeness (QED) is 0.706. The van der Waals surface area contributed by atoms with Gasteiger partial charge in [0.25, 0.3) is 0 Å². The van der Waals surface area contributed by atoms with Crippen molar-refractivity contribution in [3.63, 3.8) is 0 Å². The van der Waals surface area contributed by atoms with Crippen LogP contribution in [0, 0.1) is 0 Å². The van der Waals surface area contributed by atoms with Crippen molar-refractivity contribution in [2.24, 2.45) is 0 Å². The van der Waals surface area contributed by atoms with Gasteiger partial charge in [-0.3, -0.25) is 5.10 Å². The molecule has 0 spiro atoms. The van der Waals surface area contributed by atoms with Crippen molar-refractivity contribution in [3.05, 3.63) is 28.9 Å². The predicted molar refractivity (Wildman–Crippen MR) is 47.0 cm³/mol. The number of hydrogen-bond acceptors (Lipinski definition) is 2. The lowest BCUT2D eigenvalue weighted by molar-refractivity contribution is 0.283. The molecule has 3 nitrogen and oxygen atoms in total. The summed E-state index contributed by atoms with van der Waals surface area (Å²) in [7, 11) is 0. The van der Waals surface area contributed by atoms with Crippen molar-refractivity contribution in [1.82, 2.24) is 10.2 Å². The number of nitrogens with one attached hydrogen (secondary N) is 1. The van der Waals surface area contributed by atoms with E-state index in [2.05, 4.69) is 10.2 Å². The van der Waals surface area contributed by atoms with Gasteiger partial charge in [0.15, 0.2) is 0 Å². The van der Waals surface area contributed by atoms with Crippen molar-refractivity contribution in [2.45, 2.75) is 6.61 Å². The summed E-state index contributed by atoms with van der Waals surface area (Å²) < 4.78 is 0. The van der Waals surface area contributed by atoms with Crippen LogP contribution in [0.15, 0.2) is 18.2 Å². The zero-order valence-corrected chi connectivity index (χ0v) is 6.97. The predicted octanol–water partition coefficient (Wildman–Crippen LogP) is 1.71. The standard InChI is InChI=1S/C8H7ClN2O/c9-8-7-5(4-12)2-1-3-6(7)10-11-8/h1-3,12H,4H2,(H,10,11). The molecule has 0 saturated carbocycles. The van der Waals surface area contributed by atoms with Gasteiger partial charge in [0, 0.05) is 5.39 Å². The van der Waals surface area contributed by atoms with Gasteiger partial charge in [-0.05, 0) is 11.6 Å². The van der Waals surface area contributed by atoms with Crippen LogP contribution in [0.25, 0.3) is 10.9 Å². The molecular weight excluding hydrogens is 176 g/mol. The van der Waals surface area contributed by atoms with Gasteiger partial charge >= 0.3 is 0 Å². The van der Waals surface area contributed by atoms with Crippen LogP contribution in [0.1, 0.15) is 5.56 Å². The van der Waals surface area contributed by atoms with Crippen LogP contribution in [0.4, 0.5) is 0 Å². The molecule has 0 amide bonds. The van der Waals surface area contributed by atoms with Crippen molar-refractivity contribution in [2.75, 3.05) is 0 Å². The van der Waals surface area contributed by atoms with E-state index in [1.54, 1.807) is 0 Å². The van der Waals surface area contributed by atoms with Crippen LogP contribution in [-0.2, 0) is 6.61 Å². The Labute approximate surface area is 74.0 Å². The van der Waals surface area contributed by atoms with Gasteiger partial charge in [-0.15, -0.1) is 0 Å². The first kappa shape index (κ1) is 7.58. The Kier molecular flexibility index (Phi) is 1.75. The topological polar surface area (TPSA) is 48.9 Å². The van der Waals surface area contributed by atoms with E-state index < -0.39 is 0 Å². The number of hydrogen-bond donors (Lipinski definition) is 2. The molecule has 0 aliphatic rings. The van der Waals surface area contributed by atoms with Crippen molar-refractivity contribution < 1.29 is 5.11 Å². The fraction of sp³-hybridized carbons (Fsp3) is 0.125. The average molecular weight is 183 g/mol. The maximum atomic E-state index is 8.98. The van der Waals surface area contributed by atoms with E-state index in [4.69, 9.17) is 16.7 Å². The van der Waals surface area contributed by atoms with Crippen molar-refractivity contribution in [1.29, 1.82) is 0 Å². The summed E-state index contributed by atoms with van der Waals surface area (Å²) >= 11 is 5.83. The Morgan fingerprint density at radius 3 is 3.08 bits per heavy atom. The number of aliphatic hydroxyl groups is 1. The molecule has 4 heteroatoms. The summed E-state index contributed by atoms with van der Waals surface area (Å²) in [4.78, 5) is 0. The van der Waals surface area contributed by atoms with E-state index in [9.17, 15) is 0 Å². The summed E-state index contributed by atoms with van der Waals surface area (Å²) in [6, 6.07) is 5.51. The van der Waals surface area contributed by atoms with Crippen LogP contribution in [-0.4, -0.2) is 15.3 Å². The lowest BCUT2D eigenvalue weighted by atomic mass is 10.1. The summed E-state index contributed by atoms with van der Waals surface area (Å²) in [5, 5.41) is 16.9. The lowest BCUT2D eigenvalue weighted by Crippen LogP contribution is -1.82. The first-order chi connectivity index (χ1) is 5.83. The van der Waals surface area contributed by atoms with Gasteiger partial charge in [0.1, 0.15) is 5.15 Å². The molecule has 2 N–H and O–H groups in total. The minimum absolute atomic E-state index is 0.0173. The Hall–Kier alpha value is -1.06. The molecule has 1 heterocycles. The van der Waals surface area contributed by atoms with Crippen LogP contribution in [0.3, 0.4) is 0 Å². The normalized spacial score (nSPS) is 10.8. The smallest absolute Gasteiger partial charge is 0.132 e. The molecule has 0 aliphatic heterocycles. The molecule has 0 unspecified atom stereocenters. The molecule has 0 radical (unpaired) electrons. The van der Waals surface area contributed by atoms with E-state index in [1.807, 2.05) is 18.2 Å². The molecule has 12 heavy (non-hydrogen) atoms. The Bertz CT molecular complexity index is 410. The number of aliphatic hydroxyl groups excluding tert-OH is 1. The van der Waals surface area contributed by atoms with Crippen LogP contribution < -0.4 is 0 Å². The summed E-state index contributed by atoms with van der Waals surface area (Å²) in [6.45, 7) is -0.0173. The average Bonchev–Trinajstić information content (AvgIpc) is 2.48. The Morgan fingerprint density at radius 1 is 1.50 bits per heavy atom. The molecule has 0 bridgehead atoms. The van der Waals surface area contributed by atoms with E-state index >= 15 is 0 Å². The van der Waals surface area contributed by atoms with Crippen LogP contribution >= 0.6 is 11.6 Å². The Morgan fingerprint density at radius 2 is 2.33 bits per heavy atom. The molecule has 0 aliphatic carbocycles. The van der Waals surface area contributed by atoms with E-state index in [1.165, 1.54) is 0 Å². The highest BCUT2D eigenvalue weighted by molar-refractivity contribution is 6.34. The first-order valence-corrected chi connectivity index (χ1v) is 3.93. The van der Waals surface area contributed by atoms with E-state index in [0.717, 1.165) is 16.5 Å². The van der Waals surface area contributed by atoms with Crippen LogP contribution in [0.5, 0.6) is 0 Å². The van der Waals surface area contributed by atoms with Crippen molar-refractivity contribution in [3.8, 4) is 0 Å². The fourth-order valence-corrected chi connectivity index (χ4v) is 1.49. The van der Waals surface area contributed by atoms with Crippen LogP contribution in [0.2, 0.25) is 5.15 Å². The highest BCUT2D eigenvalue weighted by Crippen LogP contribution is 2.23. The largest absolute Gasteiger partial charge is 0.392 e. The van der Waals surface area contributed by atoms with Gasteiger partial charge in [0.2, 0.25) is 0 Å². The van der Waals surface area contributed by atoms with Gasteiger partial charge < -0.3 is 5.11 Å². The maximum Gasteiger partial charge on any atom is 0.132 e. The SMILES string of the molecule is OCc1cccc2n[nH]c(Cl)c12. The number of halogens is 1. The number of aromatic nitrogens is 2. The zero-order chi connectivity index (χ0) is 8.55. The number of rotatable bonds is 1. The molecule has 0 atom stereocenters. The second-order valence-corrected chi connectivity index (χ2v) is 2.88. The summed E-state index contributed by atoms with van der Waals surface area (Å²) in [6.07, 6.45) is 0. The maximum absolute atomic E-state index is 8.98. The van der Waals surface area contributed by atoms with Gasteiger partial charge in [-0.25, -0.2) is 0 Å². The number of benzene rings is 1. The molecule has 0 fully saturated rings. The van der Waals surface area contributed by atoms with E-state index in [0.29, 0.717) is 5.15 Å². The molecule has 1 aromatic carbocycles. The van der Waals surface area contributed by atoms with Gasteiger partial charge in [-0.1, -0.05) is 23.7 Å². The lowest BCUT2D eigenvalue weighted by Gasteiger charge is -1.96. The number of aromatic amines is 1. The van der Waals surface area contributed by atoms with E-state index in [-0.39, 0.29) is 6.61 Å². The third-order valence-electron chi connectivity index (χ3n) is 1.79. The molecule has 0 saturated heterocycles. The van der Waals surface area contributed by atoms with Gasteiger partial charge in [-0.2, -0.15) is 5.10 Å². The highest BCUT2D eigenvalue weighted by Gasteiger charge is 2.06. The molecule has 2 rings (SSSR count). The summed E-state index contributed by atoms with van der Waals surface area (Å²) in [5.41, 5.74) is 1.58. The fourth-order valence-electron chi connectivity index (χ4n) is 1.23. The molecule has 62 valence electrons. The third-order valence-corrected chi connectivity index (χ3v) is 2.07. The zero-order valence-electron chi connectivity index (χ0n) is 6.21. The molecular formula is C8H7ClN2O. The second-order valence-electron chi connectivity index (χ2n) is 2.51. The third kappa shape index (κ3) is 0.983. The molecule has 2 aromatic rings. The minimum Gasteiger partial charge on any atom is -0.392 e. The second kappa shape index (κ2) is 2.77. The molecule has 1 aromatic heterocycles. The highest BCUT2D eigenvalue weighted by atomic mass is 35.5. The van der Waals surface area contributed by atoms with Gasteiger partial charge in [0.05, 0.1) is 12.1 Å². The summed E-state index contributed by atoms with van der Waals surface area (Å²) in [5.74, 6) is 0. The number of fused-ring (bicyclic) bond motifs is 1. The number of nitrogens with zero attached hydrogens (tertiary/aromatic N) is 1. The minimum atomic E-state index is -0.0173.